The van der Waals surface area contributed by atoms with E-state index in [1.807, 2.05) is 0 Å². The zero-order valence-electron chi connectivity index (χ0n) is 14.1. The van der Waals surface area contributed by atoms with Crippen LogP contribution in [0.2, 0.25) is 0 Å². The van der Waals surface area contributed by atoms with E-state index in [1.54, 1.807) is 0 Å². The Labute approximate surface area is 149 Å². The Morgan fingerprint density at radius 3 is 1.48 bits per heavy atom. The lowest BCUT2D eigenvalue weighted by atomic mass is 9.95. The van der Waals surface area contributed by atoms with Crippen molar-refractivity contribution in [2.75, 3.05) is 0 Å². The van der Waals surface area contributed by atoms with Crippen LogP contribution in [0.3, 0.4) is 0 Å². The van der Waals surface area contributed by atoms with Gasteiger partial charge in [-0.25, -0.2) is 0 Å². The minimum absolute atomic E-state index is 0.192. The van der Waals surface area contributed by atoms with Crippen molar-refractivity contribution in [3.05, 3.63) is 120 Å². The summed E-state index contributed by atoms with van der Waals surface area (Å²) in [6.45, 7) is 0. The minimum atomic E-state index is 0.192. The first-order chi connectivity index (χ1) is 12.4. The molecule has 0 radical (unpaired) electrons. The second-order valence-corrected chi connectivity index (χ2v) is 7.13. The lowest BCUT2D eigenvalue weighted by molar-refractivity contribution is 0.821. The molecule has 0 aromatic heterocycles. The second kappa shape index (κ2) is 5.60. The van der Waals surface area contributed by atoms with Crippen molar-refractivity contribution in [1.82, 2.24) is 0 Å². The fraction of sp³-hybridized carbons (Fsp3) is 0.120. The molecule has 5 rings (SSSR count). The molecular weight excluding hydrogens is 300 g/mol. The summed E-state index contributed by atoms with van der Waals surface area (Å²) in [5, 5.41) is 0. The van der Waals surface area contributed by atoms with Crippen molar-refractivity contribution in [2.45, 2.75) is 12.3 Å². The van der Waals surface area contributed by atoms with Gasteiger partial charge in [-0.15, -0.1) is 0 Å². The van der Waals surface area contributed by atoms with Crippen molar-refractivity contribution >= 4 is 11.1 Å². The van der Waals surface area contributed by atoms with Crippen LogP contribution in [-0.4, -0.2) is 0 Å². The van der Waals surface area contributed by atoms with Gasteiger partial charge in [0.25, 0.3) is 0 Å². The Kier molecular flexibility index (Phi) is 3.24. The van der Waals surface area contributed by atoms with Crippen molar-refractivity contribution in [3.63, 3.8) is 0 Å². The fourth-order valence-electron chi connectivity index (χ4n) is 4.17. The maximum atomic E-state index is 2.52. The van der Waals surface area contributed by atoms with Gasteiger partial charge in [0, 0.05) is 5.41 Å². The summed E-state index contributed by atoms with van der Waals surface area (Å²) in [6.07, 6.45) is 6.24. The monoisotopic (exact) mass is 320 g/mol. The molecule has 0 bridgehead atoms. The van der Waals surface area contributed by atoms with Crippen molar-refractivity contribution < 1.29 is 0 Å². The molecule has 0 N–H and O–H groups in total. The third kappa shape index (κ3) is 2.46. The molecule has 0 nitrogen and oxygen atoms in total. The Morgan fingerprint density at radius 1 is 0.560 bits per heavy atom. The predicted octanol–water partition coefficient (Wildman–Crippen LogP) is 6.34. The van der Waals surface area contributed by atoms with Gasteiger partial charge in [-0.05, 0) is 40.2 Å². The van der Waals surface area contributed by atoms with Crippen molar-refractivity contribution in [3.8, 4) is 0 Å². The average molecular weight is 320 g/mol. The van der Waals surface area contributed by atoms with E-state index in [9.17, 15) is 0 Å². The fourth-order valence-corrected chi connectivity index (χ4v) is 4.17. The molecule has 0 heteroatoms. The van der Waals surface area contributed by atoms with E-state index in [-0.39, 0.29) is 5.41 Å². The lowest BCUT2D eigenvalue weighted by Crippen LogP contribution is -1.92. The van der Waals surface area contributed by atoms with E-state index in [4.69, 9.17) is 0 Å². The second-order valence-electron chi connectivity index (χ2n) is 7.13. The van der Waals surface area contributed by atoms with Crippen LogP contribution in [0.5, 0.6) is 0 Å². The highest BCUT2D eigenvalue weighted by Crippen LogP contribution is 2.66. The zero-order chi connectivity index (χ0) is 16.7. The van der Waals surface area contributed by atoms with E-state index in [2.05, 4.69) is 103 Å². The van der Waals surface area contributed by atoms with Crippen LogP contribution in [0.25, 0.3) is 11.1 Å². The van der Waals surface area contributed by atoms with Crippen LogP contribution >= 0.6 is 0 Å². The molecule has 3 aromatic carbocycles. The van der Waals surface area contributed by atoms with E-state index >= 15 is 0 Å². The van der Waals surface area contributed by atoms with Gasteiger partial charge >= 0.3 is 0 Å². The largest absolute Gasteiger partial charge is 0.0654 e. The van der Waals surface area contributed by atoms with E-state index < -0.39 is 0 Å². The third-order valence-corrected chi connectivity index (χ3v) is 5.53. The van der Waals surface area contributed by atoms with Crippen molar-refractivity contribution in [2.24, 2.45) is 5.41 Å². The number of hydrogen-bond donors (Lipinski definition) is 0. The van der Waals surface area contributed by atoms with E-state index in [0.29, 0.717) is 5.92 Å². The molecule has 3 aromatic rings. The molecule has 0 amide bonds. The van der Waals surface area contributed by atoms with Gasteiger partial charge in [-0.3, -0.25) is 0 Å². The molecule has 0 saturated heterocycles. The molecule has 2 aliphatic rings. The molecule has 25 heavy (non-hydrogen) atoms. The summed E-state index contributed by atoms with van der Waals surface area (Å²) in [7, 11) is 0. The lowest BCUT2D eigenvalue weighted by Gasteiger charge is -2.09. The Balaban J connectivity index is 1.61. The number of hydrogen-bond acceptors (Lipinski definition) is 0. The first-order valence-corrected chi connectivity index (χ1v) is 8.98. The van der Waals surface area contributed by atoms with E-state index in [1.165, 1.54) is 34.3 Å². The standard InChI is InChI=1S/C25H20/c1-4-10-19(11-5-1)22-16-25(17-23(22)20-12-6-2-7-13-20)18-24(25)21-14-8-3-9-15-21/h1-17,24H,18H2. The number of rotatable bonds is 3. The minimum Gasteiger partial charge on any atom is -0.0654 e. The van der Waals surface area contributed by atoms with Crippen LogP contribution in [0.15, 0.2) is 103 Å². The molecule has 120 valence electrons. The average Bonchev–Trinajstić information content (AvgIpc) is 3.26. The predicted molar refractivity (Wildman–Crippen MR) is 105 cm³/mol. The molecule has 1 spiro atoms. The van der Waals surface area contributed by atoms with Gasteiger partial charge in [-0.1, -0.05) is 103 Å². The maximum Gasteiger partial charge on any atom is 0.0155 e. The maximum absolute atomic E-state index is 2.52. The van der Waals surface area contributed by atoms with Crippen LogP contribution in [0, 0.1) is 5.41 Å². The Bertz CT molecular complexity index is 891. The summed E-state index contributed by atoms with van der Waals surface area (Å²) < 4.78 is 0. The molecule has 0 heterocycles. The highest BCUT2D eigenvalue weighted by atomic mass is 14.6. The molecule has 1 atom stereocenters. The van der Waals surface area contributed by atoms with Crippen LogP contribution in [0.1, 0.15) is 29.0 Å². The van der Waals surface area contributed by atoms with Gasteiger partial charge in [-0.2, -0.15) is 0 Å². The highest BCUT2D eigenvalue weighted by molar-refractivity contribution is 6.08. The van der Waals surface area contributed by atoms with Crippen LogP contribution in [-0.2, 0) is 0 Å². The smallest absolute Gasteiger partial charge is 0.0155 e. The van der Waals surface area contributed by atoms with Gasteiger partial charge in [0.2, 0.25) is 0 Å². The molecule has 1 fully saturated rings. The molecule has 1 unspecified atom stereocenters. The van der Waals surface area contributed by atoms with Gasteiger partial charge in [0.05, 0.1) is 0 Å². The first-order valence-electron chi connectivity index (χ1n) is 8.98. The Morgan fingerprint density at radius 2 is 1.00 bits per heavy atom. The Hall–Kier alpha value is -2.86. The molecule has 1 saturated carbocycles. The molecular formula is C25H20. The van der Waals surface area contributed by atoms with Crippen LogP contribution < -0.4 is 0 Å². The topological polar surface area (TPSA) is 0 Å². The summed E-state index contributed by atoms with van der Waals surface area (Å²) in [4.78, 5) is 0. The third-order valence-electron chi connectivity index (χ3n) is 5.53. The quantitative estimate of drug-likeness (QED) is 0.528. The van der Waals surface area contributed by atoms with Gasteiger partial charge in [0.15, 0.2) is 0 Å². The van der Waals surface area contributed by atoms with Gasteiger partial charge in [0.1, 0.15) is 0 Å². The first kappa shape index (κ1) is 14.5. The summed E-state index contributed by atoms with van der Waals surface area (Å²) in [6, 6.07) is 32.5. The van der Waals surface area contributed by atoms with Crippen LogP contribution in [0.4, 0.5) is 0 Å². The summed E-state index contributed by atoms with van der Waals surface area (Å²) in [5.41, 5.74) is 7.03. The number of benzene rings is 3. The van der Waals surface area contributed by atoms with E-state index in [0.717, 1.165) is 0 Å². The normalized spacial score (nSPS) is 20.2. The van der Waals surface area contributed by atoms with Crippen molar-refractivity contribution in [1.29, 1.82) is 0 Å². The highest BCUT2D eigenvalue weighted by Gasteiger charge is 2.54. The zero-order valence-corrected chi connectivity index (χ0v) is 14.1. The molecule has 2 aliphatic carbocycles. The van der Waals surface area contributed by atoms with Gasteiger partial charge < -0.3 is 0 Å². The molecule has 0 aliphatic heterocycles. The SMILES string of the molecule is C1=C(c2ccccc2)C(c2ccccc2)=CC12CC2c1ccccc1. The number of allylic oxidation sites excluding steroid dienone is 4. The summed E-state index contributed by atoms with van der Waals surface area (Å²) >= 11 is 0. The summed E-state index contributed by atoms with van der Waals surface area (Å²) in [5.74, 6) is 0.605.